The number of hydrogen-bond acceptors (Lipinski definition) is 4. The molecule has 112 valence electrons. The highest BCUT2D eigenvalue weighted by Gasteiger charge is 2.19. The highest BCUT2D eigenvalue weighted by atomic mass is 35.5. The van der Waals surface area contributed by atoms with E-state index in [1.165, 1.54) is 6.07 Å². The average Bonchev–Trinajstić information content (AvgIpc) is 2.42. The van der Waals surface area contributed by atoms with E-state index in [4.69, 9.17) is 17.4 Å². The van der Waals surface area contributed by atoms with E-state index in [0.717, 1.165) is 5.69 Å². The highest BCUT2D eigenvalue weighted by Crippen LogP contribution is 2.25. The molecule has 0 saturated heterocycles. The molecule has 0 atom stereocenters. The van der Waals surface area contributed by atoms with Gasteiger partial charge in [0.1, 0.15) is 17.5 Å². The maximum absolute atomic E-state index is 13.9. The quantitative estimate of drug-likeness (QED) is 0.673. The van der Waals surface area contributed by atoms with Crippen LogP contribution in [0, 0.1) is 5.82 Å². The molecule has 1 heterocycles. The first-order chi connectivity index (χ1) is 9.81. The van der Waals surface area contributed by atoms with E-state index in [0.29, 0.717) is 22.2 Å². The van der Waals surface area contributed by atoms with Crippen molar-refractivity contribution in [2.45, 2.75) is 32.6 Å². The van der Waals surface area contributed by atoms with Crippen LogP contribution in [-0.2, 0) is 11.8 Å². The zero-order valence-corrected chi connectivity index (χ0v) is 13.0. The van der Waals surface area contributed by atoms with Gasteiger partial charge in [-0.3, -0.25) is 0 Å². The molecule has 0 aliphatic rings. The summed E-state index contributed by atoms with van der Waals surface area (Å²) in [7, 11) is 0. The fourth-order valence-electron chi connectivity index (χ4n) is 1.89. The standard InChI is InChI=1S/C15H18ClFN4/c1-15(2,3)12-8-14(21-18)20-13(19-12)7-9-10(16)5-4-6-11(9)17/h4-6,8H,7,18H2,1-3H3,(H,19,20,21). The summed E-state index contributed by atoms with van der Waals surface area (Å²) < 4.78 is 13.9. The van der Waals surface area contributed by atoms with Crippen molar-refractivity contribution in [3.05, 3.63) is 52.2 Å². The molecule has 6 heteroatoms. The summed E-state index contributed by atoms with van der Waals surface area (Å²) in [5.41, 5.74) is 3.56. The van der Waals surface area contributed by atoms with Crippen LogP contribution in [0.2, 0.25) is 5.02 Å². The molecule has 1 aromatic carbocycles. The molecule has 3 N–H and O–H groups in total. The van der Waals surface area contributed by atoms with E-state index >= 15 is 0 Å². The number of benzene rings is 1. The van der Waals surface area contributed by atoms with E-state index in [1.54, 1.807) is 18.2 Å². The van der Waals surface area contributed by atoms with E-state index in [1.807, 2.05) is 20.8 Å². The lowest BCUT2D eigenvalue weighted by molar-refractivity contribution is 0.562. The predicted molar refractivity (Wildman–Crippen MR) is 82.8 cm³/mol. The van der Waals surface area contributed by atoms with E-state index < -0.39 is 0 Å². The molecule has 1 aromatic heterocycles. The fraction of sp³-hybridized carbons (Fsp3) is 0.333. The lowest BCUT2D eigenvalue weighted by Crippen LogP contribution is -2.18. The summed E-state index contributed by atoms with van der Waals surface area (Å²) in [4.78, 5) is 8.77. The molecule has 0 aliphatic carbocycles. The van der Waals surface area contributed by atoms with Gasteiger partial charge in [-0.25, -0.2) is 20.2 Å². The summed E-state index contributed by atoms with van der Waals surface area (Å²) in [6, 6.07) is 6.37. The van der Waals surface area contributed by atoms with E-state index in [2.05, 4.69) is 15.4 Å². The van der Waals surface area contributed by atoms with Crippen LogP contribution >= 0.6 is 11.6 Å². The second-order valence-electron chi connectivity index (χ2n) is 5.83. The summed E-state index contributed by atoms with van der Waals surface area (Å²) in [5, 5.41) is 0.363. The molecule has 0 spiro atoms. The van der Waals surface area contributed by atoms with E-state index in [9.17, 15) is 4.39 Å². The van der Waals surface area contributed by atoms with Crippen LogP contribution in [0.25, 0.3) is 0 Å². The van der Waals surface area contributed by atoms with Gasteiger partial charge < -0.3 is 5.43 Å². The SMILES string of the molecule is CC(C)(C)c1cc(NN)nc(Cc2c(F)cccc2Cl)n1. The van der Waals surface area contributed by atoms with Gasteiger partial charge in [0.2, 0.25) is 0 Å². The van der Waals surface area contributed by atoms with Crippen molar-refractivity contribution in [2.24, 2.45) is 5.84 Å². The maximum atomic E-state index is 13.9. The first-order valence-electron chi connectivity index (χ1n) is 6.59. The van der Waals surface area contributed by atoms with Gasteiger partial charge in [-0.05, 0) is 12.1 Å². The van der Waals surface area contributed by atoms with Gasteiger partial charge in [0, 0.05) is 28.5 Å². The van der Waals surface area contributed by atoms with Crippen LogP contribution in [0.5, 0.6) is 0 Å². The molecular weight excluding hydrogens is 291 g/mol. The van der Waals surface area contributed by atoms with Crippen molar-refractivity contribution in [3.63, 3.8) is 0 Å². The zero-order valence-electron chi connectivity index (χ0n) is 12.2. The second-order valence-corrected chi connectivity index (χ2v) is 6.23. The maximum Gasteiger partial charge on any atom is 0.143 e. The molecule has 0 saturated carbocycles. The number of nitrogens with two attached hydrogens (primary N) is 1. The van der Waals surface area contributed by atoms with Gasteiger partial charge in [0.05, 0.1) is 5.69 Å². The number of anilines is 1. The van der Waals surface area contributed by atoms with Crippen molar-refractivity contribution in [2.75, 3.05) is 5.43 Å². The van der Waals surface area contributed by atoms with Gasteiger partial charge in [0.25, 0.3) is 0 Å². The minimum Gasteiger partial charge on any atom is -0.308 e. The summed E-state index contributed by atoms with van der Waals surface area (Å²) in [6.45, 7) is 6.11. The Bertz CT molecular complexity index is 632. The molecular formula is C15H18ClFN4. The van der Waals surface area contributed by atoms with Gasteiger partial charge in [0.15, 0.2) is 0 Å². The minimum atomic E-state index is -0.366. The topological polar surface area (TPSA) is 63.8 Å². The Hall–Kier alpha value is -1.72. The molecule has 21 heavy (non-hydrogen) atoms. The Balaban J connectivity index is 2.45. The third-order valence-electron chi connectivity index (χ3n) is 3.09. The largest absolute Gasteiger partial charge is 0.308 e. The predicted octanol–water partition coefficient (Wildman–Crippen LogP) is 3.44. The fourth-order valence-corrected chi connectivity index (χ4v) is 2.12. The summed E-state index contributed by atoms with van der Waals surface area (Å²) in [6.07, 6.45) is 0.212. The lowest BCUT2D eigenvalue weighted by atomic mass is 9.92. The molecule has 2 rings (SSSR count). The smallest absolute Gasteiger partial charge is 0.143 e. The number of halogens is 2. The van der Waals surface area contributed by atoms with E-state index in [-0.39, 0.29) is 17.7 Å². The molecule has 4 nitrogen and oxygen atoms in total. The van der Waals surface area contributed by atoms with Crippen LogP contribution in [0.15, 0.2) is 24.3 Å². The third kappa shape index (κ3) is 3.68. The highest BCUT2D eigenvalue weighted by molar-refractivity contribution is 6.31. The third-order valence-corrected chi connectivity index (χ3v) is 3.44. The van der Waals surface area contributed by atoms with Crippen LogP contribution in [0.1, 0.15) is 37.9 Å². The summed E-state index contributed by atoms with van der Waals surface area (Å²) >= 11 is 6.05. The Morgan fingerprint density at radius 1 is 1.29 bits per heavy atom. The minimum absolute atomic E-state index is 0.164. The molecule has 2 aromatic rings. The molecule has 0 bridgehead atoms. The number of aromatic nitrogens is 2. The van der Waals surface area contributed by atoms with Crippen LogP contribution in [0.4, 0.5) is 10.2 Å². The van der Waals surface area contributed by atoms with Crippen LogP contribution < -0.4 is 11.3 Å². The Morgan fingerprint density at radius 2 is 2.00 bits per heavy atom. The molecule has 0 aliphatic heterocycles. The van der Waals surface area contributed by atoms with Crippen molar-refractivity contribution >= 4 is 17.4 Å². The molecule has 0 fully saturated rings. The average molecular weight is 309 g/mol. The number of nitrogen functional groups attached to an aromatic ring is 1. The van der Waals surface area contributed by atoms with Gasteiger partial charge >= 0.3 is 0 Å². The van der Waals surface area contributed by atoms with Crippen molar-refractivity contribution in [1.29, 1.82) is 0 Å². The Kier molecular flexibility index (Phi) is 4.44. The first kappa shape index (κ1) is 15.7. The number of rotatable bonds is 3. The van der Waals surface area contributed by atoms with Crippen molar-refractivity contribution in [3.8, 4) is 0 Å². The number of nitrogens with one attached hydrogen (secondary N) is 1. The molecule has 0 radical (unpaired) electrons. The van der Waals surface area contributed by atoms with Gasteiger partial charge in [-0.2, -0.15) is 0 Å². The number of hydrazine groups is 1. The van der Waals surface area contributed by atoms with Gasteiger partial charge in [-0.15, -0.1) is 0 Å². The van der Waals surface area contributed by atoms with Crippen LogP contribution in [-0.4, -0.2) is 9.97 Å². The molecule has 0 unspecified atom stereocenters. The number of nitrogens with zero attached hydrogens (tertiary/aromatic N) is 2. The van der Waals surface area contributed by atoms with Crippen molar-refractivity contribution in [1.82, 2.24) is 9.97 Å². The lowest BCUT2D eigenvalue weighted by Gasteiger charge is -2.19. The summed E-state index contributed by atoms with van der Waals surface area (Å²) in [5.74, 6) is 6.05. The zero-order chi connectivity index (χ0) is 15.6. The Labute approximate surface area is 128 Å². The second kappa shape index (κ2) is 5.95. The van der Waals surface area contributed by atoms with Gasteiger partial charge in [-0.1, -0.05) is 38.4 Å². The van der Waals surface area contributed by atoms with Crippen LogP contribution in [0.3, 0.4) is 0 Å². The molecule has 0 amide bonds. The van der Waals surface area contributed by atoms with Crippen molar-refractivity contribution < 1.29 is 4.39 Å². The first-order valence-corrected chi connectivity index (χ1v) is 6.97. The Morgan fingerprint density at radius 3 is 2.57 bits per heavy atom. The number of hydrogen-bond donors (Lipinski definition) is 2. The normalized spacial score (nSPS) is 11.5. The monoisotopic (exact) mass is 308 g/mol.